The Hall–Kier alpha value is -2.19. The summed E-state index contributed by atoms with van der Waals surface area (Å²) in [4.78, 5) is 12.0. The first-order chi connectivity index (χ1) is 17.3. The molecule has 0 fully saturated rings. The van der Waals surface area contributed by atoms with Crippen LogP contribution in [0.5, 0.6) is 0 Å². The molecule has 0 aliphatic carbocycles. The number of hydrogen-bond donors (Lipinski definition) is 1. The molecule has 0 saturated carbocycles. The van der Waals surface area contributed by atoms with E-state index in [9.17, 15) is 4.79 Å². The van der Waals surface area contributed by atoms with Gasteiger partial charge in [0.05, 0.1) is 78.2 Å². The van der Waals surface area contributed by atoms with Gasteiger partial charge in [0, 0.05) is 12.2 Å². The summed E-state index contributed by atoms with van der Waals surface area (Å²) >= 11 is 0. The highest BCUT2D eigenvalue weighted by atomic mass is 16.6. The largest absolute Gasteiger partial charge is 0.460 e. The average molecular weight is 496 g/mol. The maximum Gasteiger partial charge on any atom is 0.338 e. The van der Waals surface area contributed by atoms with Crippen LogP contribution in [0.25, 0.3) is 0 Å². The van der Waals surface area contributed by atoms with Crippen molar-refractivity contribution in [3.05, 3.63) is 29.8 Å². The van der Waals surface area contributed by atoms with Crippen molar-refractivity contribution >= 4 is 11.7 Å². The summed E-state index contributed by atoms with van der Waals surface area (Å²) in [7, 11) is 0. The van der Waals surface area contributed by atoms with Gasteiger partial charge in [-0.15, -0.1) is 6.42 Å². The lowest BCUT2D eigenvalue weighted by molar-refractivity contribution is -0.0184. The fraction of sp³-hybridized carbons (Fsp3) is 0.654. The van der Waals surface area contributed by atoms with Crippen molar-refractivity contribution in [3.63, 3.8) is 0 Å². The van der Waals surface area contributed by atoms with Crippen LogP contribution in [0, 0.1) is 12.3 Å². The zero-order valence-corrected chi connectivity index (χ0v) is 21.0. The van der Waals surface area contributed by atoms with E-state index < -0.39 is 0 Å². The van der Waals surface area contributed by atoms with Crippen molar-refractivity contribution in [1.29, 1.82) is 0 Å². The normalized spacial score (nSPS) is 10.7. The summed E-state index contributed by atoms with van der Waals surface area (Å²) in [6.45, 7) is 8.71. The number of terminal acetylenes is 1. The topological polar surface area (TPSA) is 93.7 Å². The second-order valence-electron chi connectivity index (χ2n) is 7.31. The van der Waals surface area contributed by atoms with Crippen LogP contribution in [0.3, 0.4) is 0 Å². The minimum atomic E-state index is -0.357. The van der Waals surface area contributed by atoms with E-state index >= 15 is 0 Å². The van der Waals surface area contributed by atoms with Crippen LogP contribution >= 0.6 is 0 Å². The van der Waals surface area contributed by atoms with Crippen molar-refractivity contribution in [2.24, 2.45) is 0 Å². The first-order valence-electron chi connectivity index (χ1n) is 12.2. The number of nitrogens with one attached hydrogen (secondary N) is 1. The zero-order chi connectivity index (χ0) is 25.2. The maximum atomic E-state index is 12.0. The molecular weight excluding hydrogens is 454 g/mol. The lowest BCUT2D eigenvalue weighted by Gasteiger charge is -2.09. The van der Waals surface area contributed by atoms with Gasteiger partial charge in [0.2, 0.25) is 0 Å². The molecule has 0 unspecified atom stereocenters. The van der Waals surface area contributed by atoms with Gasteiger partial charge in [0.15, 0.2) is 0 Å². The zero-order valence-electron chi connectivity index (χ0n) is 21.0. The van der Waals surface area contributed by atoms with Gasteiger partial charge in [-0.2, -0.15) is 0 Å². The smallest absolute Gasteiger partial charge is 0.338 e. The molecule has 0 radical (unpaired) electrons. The number of ether oxygens (including phenoxy) is 7. The fourth-order valence-corrected chi connectivity index (χ4v) is 2.64. The molecule has 9 nitrogen and oxygen atoms in total. The van der Waals surface area contributed by atoms with E-state index in [0.717, 1.165) is 25.1 Å². The molecule has 1 aromatic rings. The molecule has 0 atom stereocenters. The van der Waals surface area contributed by atoms with Gasteiger partial charge in [0.25, 0.3) is 0 Å². The van der Waals surface area contributed by atoms with Gasteiger partial charge in [0.1, 0.15) is 13.2 Å². The third-order valence-electron chi connectivity index (χ3n) is 4.49. The van der Waals surface area contributed by atoms with E-state index in [1.54, 1.807) is 12.1 Å². The molecule has 9 heteroatoms. The monoisotopic (exact) mass is 495 g/mol. The lowest BCUT2D eigenvalue weighted by atomic mass is 10.2. The standard InChI is InChI=1S/C26H41NO8/c1-3-5-10-27-25-8-6-24(7-9-25)26(28)35-23-22-34-21-20-33-19-18-32-17-16-31-15-14-30-13-12-29-11-4-2/h2,6-9,27H,3,5,10-23H2,1H3. The average Bonchev–Trinajstić information content (AvgIpc) is 2.88. The van der Waals surface area contributed by atoms with E-state index in [-0.39, 0.29) is 12.6 Å². The molecule has 0 aliphatic heterocycles. The molecule has 0 saturated heterocycles. The molecule has 0 amide bonds. The second-order valence-corrected chi connectivity index (χ2v) is 7.31. The van der Waals surface area contributed by atoms with Gasteiger partial charge in [-0.05, 0) is 30.7 Å². The highest BCUT2D eigenvalue weighted by Gasteiger charge is 2.06. The van der Waals surface area contributed by atoms with Crippen LogP contribution in [-0.2, 0) is 33.2 Å². The van der Waals surface area contributed by atoms with Gasteiger partial charge in [-0.25, -0.2) is 4.79 Å². The molecule has 198 valence electrons. The maximum absolute atomic E-state index is 12.0. The van der Waals surface area contributed by atoms with Crippen LogP contribution in [0.4, 0.5) is 5.69 Å². The van der Waals surface area contributed by atoms with Crippen LogP contribution in [0.15, 0.2) is 24.3 Å². The Bertz CT molecular complexity index is 662. The second kappa shape index (κ2) is 23.5. The molecule has 1 aromatic carbocycles. The minimum Gasteiger partial charge on any atom is -0.460 e. The number of carbonyl (C=O) groups is 1. The Morgan fingerprint density at radius 3 is 1.66 bits per heavy atom. The highest BCUT2D eigenvalue weighted by Crippen LogP contribution is 2.10. The van der Waals surface area contributed by atoms with Gasteiger partial charge in [-0.3, -0.25) is 0 Å². The molecule has 1 N–H and O–H groups in total. The van der Waals surface area contributed by atoms with Gasteiger partial charge in [-0.1, -0.05) is 19.3 Å². The van der Waals surface area contributed by atoms with E-state index in [2.05, 4.69) is 18.2 Å². The van der Waals surface area contributed by atoms with E-state index in [1.165, 1.54) is 0 Å². The van der Waals surface area contributed by atoms with Gasteiger partial charge < -0.3 is 38.5 Å². The Morgan fingerprint density at radius 1 is 0.743 bits per heavy atom. The quantitative estimate of drug-likeness (QED) is 0.132. The molecule has 0 aromatic heterocycles. The number of benzene rings is 1. The Morgan fingerprint density at radius 2 is 1.20 bits per heavy atom. The molecule has 1 rings (SSSR count). The van der Waals surface area contributed by atoms with E-state index in [0.29, 0.717) is 84.8 Å². The van der Waals surface area contributed by atoms with Crippen molar-refractivity contribution in [3.8, 4) is 12.3 Å². The van der Waals surface area contributed by atoms with Crippen molar-refractivity contribution in [2.45, 2.75) is 19.8 Å². The number of unbranched alkanes of at least 4 members (excludes halogenated alkanes) is 1. The summed E-state index contributed by atoms with van der Waals surface area (Å²) in [6.07, 6.45) is 7.32. The first-order valence-corrected chi connectivity index (χ1v) is 12.2. The fourth-order valence-electron chi connectivity index (χ4n) is 2.64. The number of hydrogen-bond acceptors (Lipinski definition) is 9. The molecule has 0 bridgehead atoms. The Labute approximate surface area is 209 Å². The highest BCUT2D eigenvalue weighted by molar-refractivity contribution is 5.89. The molecule has 0 aliphatic rings. The third-order valence-corrected chi connectivity index (χ3v) is 4.49. The first kappa shape index (κ1) is 30.8. The molecule has 35 heavy (non-hydrogen) atoms. The van der Waals surface area contributed by atoms with Crippen molar-refractivity contribution in [2.75, 3.05) is 97.8 Å². The van der Waals surface area contributed by atoms with Crippen LogP contribution in [0.2, 0.25) is 0 Å². The number of anilines is 1. The molecule has 0 heterocycles. The predicted octanol–water partition coefficient (Wildman–Crippen LogP) is 2.79. The van der Waals surface area contributed by atoms with Crippen molar-refractivity contribution in [1.82, 2.24) is 0 Å². The third kappa shape index (κ3) is 18.8. The van der Waals surface area contributed by atoms with Crippen LogP contribution in [0.1, 0.15) is 30.1 Å². The van der Waals surface area contributed by atoms with E-state index in [4.69, 9.17) is 39.6 Å². The van der Waals surface area contributed by atoms with Gasteiger partial charge >= 0.3 is 5.97 Å². The summed E-state index contributed by atoms with van der Waals surface area (Å²) in [5, 5.41) is 3.31. The minimum absolute atomic E-state index is 0.197. The predicted molar refractivity (Wildman–Crippen MR) is 134 cm³/mol. The molecular formula is C26H41NO8. The Balaban J connectivity index is 1.82. The summed E-state index contributed by atoms with van der Waals surface area (Å²) in [5.41, 5.74) is 1.52. The SMILES string of the molecule is C#CCOCCOCCOCCOCCOCCOCCOC(=O)c1ccc(NCCCC)cc1. The summed E-state index contributed by atoms with van der Waals surface area (Å²) < 4.78 is 37.3. The summed E-state index contributed by atoms with van der Waals surface area (Å²) in [5.74, 6) is 2.03. The van der Waals surface area contributed by atoms with Crippen LogP contribution in [-0.4, -0.2) is 98.4 Å². The number of carbonyl (C=O) groups excluding carboxylic acids is 1. The number of rotatable bonds is 24. The summed E-state index contributed by atoms with van der Waals surface area (Å²) in [6, 6.07) is 7.29. The lowest BCUT2D eigenvalue weighted by Crippen LogP contribution is -2.15. The Kier molecular flexibility index (Phi) is 20.7. The van der Waals surface area contributed by atoms with E-state index in [1.807, 2.05) is 12.1 Å². The van der Waals surface area contributed by atoms with Crippen molar-refractivity contribution < 1.29 is 38.0 Å². The number of esters is 1. The van der Waals surface area contributed by atoms with Crippen LogP contribution < -0.4 is 5.32 Å². The molecule has 0 spiro atoms.